The van der Waals surface area contributed by atoms with Crippen LogP contribution < -0.4 is 4.90 Å². The Labute approximate surface area is 106 Å². The van der Waals surface area contributed by atoms with Gasteiger partial charge in [0.2, 0.25) is 0 Å². The zero-order valence-corrected chi connectivity index (χ0v) is 10.8. The van der Waals surface area contributed by atoms with Gasteiger partial charge >= 0.3 is 0 Å². The molecule has 0 amide bonds. The first kappa shape index (κ1) is 13.9. The van der Waals surface area contributed by atoms with Crippen molar-refractivity contribution in [2.75, 3.05) is 18.0 Å². The molecule has 0 aliphatic heterocycles. The van der Waals surface area contributed by atoms with Crippen molar-refractivity contribution in [1.82, 2.24) is 4.98 Å². The highest BCUT2D eigenvalue weighted by atomic mass is 16.6. The van der Waals surface area contributed by atoms with Gasteiger partial charge < -0.3 is 4.90 Å². The van der Waals surface area contributed by atoms with Crippen LogP contribution in [0.15, 0.2) is 12.3 Å². The zero-order valence-electron chi connectivity index (χ0n) is 10.8. The van der Waals surface area contributed by atoms with Gasteiger partial charge in [-0.2, -0.15) is 5.26 Å². The molecule has 1 aromatic rings. The molecule has 0 aliphatic carbocycles. The smallest absolute Gasteiger partial charge is 0.277 e. The van der Waals surface area contributed by atoms with E-state index in [1.54, 1.807) is 6.92 Å². The first-order valence-electron chi connectivity index (χ1n) is 5.75. The molecule has 0 N–H and O–H groups in total. The first-order chi connectivity index (χ1) is 8.49. The molecule has 0 fully saturated rings. The van der Waals surface area contributed by atoms with Crippen molar-refractivity contribution in [2.45, 2.75) is 20.8 Å². The topological polar surface area (TPSA) is 83.1 Å². The molecule has 1 atom stereocenters. The number of nitriles is 1. The van der Waals surface area contributed by atoms with Crippen LogP contribution >= 0.6 is 0 Å². The van der Waals surface area contributed by atoms with Gasteiger partial charge in [-0.05, 0) is 20.8 Å². The molecule has 0 saturated carbocycles. The fraction of sp³-hybridized carbons (Fsp3) is 0.500. The molecule has 0 spiro atoms. The number of aryl methyl sites for hydroxylation is 1. The van der Waals surface area contributed by atoms with Crippen molar-refractivity contribution in [1.29, 1.82) is 5.26 Å². The molecule has 1 aromatic heterocycles. The van der Waals surface area contributed by atoms with E-state index in [4.69, 9.17) is 5.26 Å². The van der Waals surface area contributed by atoms with Crippen LogP contribution in [-0.4, -0.2) is 23.0 Å². The molecule has 0 saturated heterocycles. The average molecular weight is 248 g/mol. The summed E-state index contributed by atoms with van der Waals surface area (Å²) >= 11 is 0. The largest absolute Gasteiger partial charge is 0.355 e. The summed E-state index contributed by atoms with van der Waals surface area (Å²) in [5.74, 6) is 0.393. The van der Waals surface area contributed by atoms with Gasteiger partial charge in [-0.15, -0.1) is 0 Å². The molecule has 6 nitrogen and oxygen atoms in total. The summed E-state index contributed by atoms with van der Waals surface area (Å²) in [7, 11) is 0. The summed E-state index contributed by atoms with van der Waals surface area (Å²) in [4.78, 5) is 16.5. The highest BCUT2D eigenvalue weighted by Crippen LogP contribution is 2.22. The van der Waals surface area contributed by atoms with Crippen molar-refractivity contribution >= 4 is 11.5 Å². The Kier molecular flexibility index (Phi) is 4.60. The van der Waals surface area contributed by atoms with Crippen LogP contribution in [0.1, 0.15) is 19.4 Å². The monoisotopic (exact) mass is 248 g/mol. The van der Waals surface area contributed by atoms with Crippen molar-refractivity contribution in [3.05, 3.63) is 27.9 Å². The Hall–Kier alpha value is -2.16. The van der Waals surface area contributed by atoms with E-state index in [0.29, 0.717) is 24.5 Å². The molecule has 1 heterocycles. The van der Waals surface area contributed by atoms with E-state index in [1.807, 2.05) is 18.7 Å². The van der Waals surface area contributed by atoms with Gasteiger partial charge in [-0.25, -0.2) is 4.98 Å². The number of aromatic nitrogens is 1. The fourth-order valence-electron chi connectivity index (χ4n) is 1.63. The molecule has 1 unspecified atom stereocenters. The minimum Gasteiger partial charge on any atom is -0.355 e. The predicted octanol–water partition coefficient (Wildman–Crippen LogP) is 2.28. The fourth-order valence-corrected chi connectivity index (χ4v) is 1.63. The van der Waals surface area contributed by atoms with Crippen LogP contribution in [0.25, 0.3) is 0 Å². The summed E-state index contributed by atoms with van der Waals surface area (Å²) in [6.07, 6.45) is 1.49. The Morgan fingerprint density at radius 3 is 2.83 bits per heavy atom. The SMILES string of the molecule is CCN(CC(C)C#N)c1cc([N+](=O)[O-])c(C)cn1. The minimum absolute atomic E-state index is 0.0584. The molecular weight excluding hydrogens is 232 g/mol. The van der Waals surface area contributed by atoms with Crippen LogP contribution in [0.5, 0.6) is 0 Å². The molecule has 0 bridgehead atoms. The summed E-state index contributed by atoms with van der Waals surface area (Å²) in [5, 5.41) is 19.7. The lowest BCUT2D eigenvalue weighted by Gasteiger charge is -2.22. The molecule has 6 heteroatoms. The maximum Gasteiger partial charge on any atom is 0.277 e. The van der Waals surface area contributed by atoms with Gasteiger partial charge in [-0.3, -0.25) is 10.1 Å². The average Bonchev–Trinajstić information content (AvgIpc) is 2.36. The standard InChI is InChI=1S/C12H16N4O2/c1-4-15(8-9(2)6-13)12-5-11(16(17)18)10(3)7-14-12/h5,7,9H,4,8H2,1-3H3. The third-order valence-corrected chi connectivity index (χ3v) is 2.68. The Morgan fingerprint density at radius 2 is 2.33 bits per heavy atom. The van der Waals surface area contributed by atoms with Crippen LogP contribution in [0.3, 0.4) is 0 Å². The quantitative estimate of drug-likeness (QED) is 0.589. The maximum absolute atomic E-state index is 10.9. The predicted molar refractivity (Wildman–Crippen MR) is 68.3 cm³/mol. The first-order valence-corrected chi connectivity index (χ1v) is 5.75. The van der Waals surface area contributed by atoms with E-state index < -0.39 is 4.92 Å². The van der Waals surface area contributed by atoms with E-state index in [2.05, 4.69) is 11.1 Å². The molecule has 0 aromatic carbocycles. The number of anilines is 1. The summed E-state index contributed by atoms with van der Waals surface area (Å²) in [5.41, 5.74) is 0.594. The number of pyridine rings is 1. The molecule has 1 rings (SSSR count). The number of nitrogens with zero attached hydrogens (tertiary/aromatic N) is 4. The van der Waals surface area contributed by atoms with Crippen molar-refractivity contribution in [2.24, 2.45) is 5.92 Å². The van der Waals surface area contributed by atoms with Crippen LogP contribution in [0.2, 0.25) is 0 Å². The second kappa shape index (κ2) is 5.96. The van der Waals surface area contributed by atoms with Crippen molar-refractivity contribution in [3.8, 4) is 6.07 Å². The van der Waals surface area contributed by atoms with Gasteiger partial charge in [0.05, 0.1) is 23.0 Å². The number of nitro groups is 1. The summed E-state index contributed by atoms with van der Waals surface area (Å²) in [6.45, 7) is 6.56. The molecule has 0 radical (unpaired) electrons. The second-order valence-corrected chi connectivity index (χ2v) is 4.15. The third-order valence-electron chi connectivity index (χ3n) is 2.68. The number of rotatable bonds is 5. The molecule has 0 aliphatic rings. The highest BCUT2D eigenvalue weighted by molar-refractivity contribution is 5.50. The second-order valence-electron chi connectivity index (χ2n) is 4.15. The summed E-state index contributed by atoms with van der Waals surface area (Å²) < 4.78 is 0. The lowest BCUT2D eigenvalue weighted by atomic mass is 10.2. The van der Waals surface area contributed by atoms with Crippen LogP contribution in [-0.2, 0) is 0 Å². The van der Waals surface area contributed by atoms with Gasteiger partial charge in [0.25, 0.3) is 5.69 Å². The van der Waals surface area contributed by atoms with Crippen molar-refractivity contribution in [3.63, 3.8) is 0 Å². The van der Waals surface area contributed by atoms with E-state index in [1.165, 1.54) is 12.3 Å². The number of hydrogen-bond acceptors (Lipinski definition) is 5. The Bertz CT molecular complexity index is 481. The minimum atomic E-state index is -0.415. The molecule has 96 valence electrons. The Morgan fingerprint density at radius 1 is 1.67 bits per heavy atom. The van der Waals surface area contributed by atoms with Gasteiger partial charge in [0.1, 0.15) is 5.82 Å². The highest BCUT2D eigenvalue weighted by Gasteiger charge is 2.16. The van der Waals surface area contributed by atoms with E-state index >= 15 is 0 Å². The number of hydrogen-bond donors (Lipinski definition) is 0. The maximum atomic E-state index is 10.9. The van der Waals surface area contributed by atoms with Gasteiger partial charge in [-0.1, -0.05) is 0 Å². The lowest BCUT2D eigenvalue weighted by Crippen LogP contribution is -2.28. The van der Waals surface area contributed by atoms with E-state index in [0.717, 1.165) is 0 Å². The molecular formula is C12H16N4O2. The lowest BCUT2D eigenvalue weighted by molar-refractivity contribution is -0.385. The summed E-state index contributed by atoms with van der Waals surface area (Å²) in [6, 6.07) is 3.61. The normalized spacial score (nSPS) is 11.7. The molecule has 18 heavy (non-hydrogen) atoms. The van der Waals surface area contributed by atoms with Gasteiger partial charge in [0, 0.05) is 24.8 Å². The third kappa shape index (κ3) is 3.17. The van der Waals surface area contributed by atoms with Gasteiger partial charge in [0.15, 0.2) is 0 Å². The van der Waals surface area contributed by atoms with E-state index in [9.17, 15) is 10.1 Å². The van der Waals surface area contributed by atoms with Crippen LogP contribution in [0, 0.1) is 34.3 Å². The van der Waals surface area contributed by atoms with Crippen LogP contribution in [0.4, 0.5) is 11.5 Å². The van der Waals surface area contributed by atoms with Crippen molar-refractivity contribution < 1.29 is 4.92 Å². The van der Waals surface area contributed by atoms with E-state index in [-0.39, 0.29) is 11.6 Å². The Balaban J connectivity index is 3.04. The zero-order chi connectivity index (χ0) is 13.7.